The third kappa shape index (κ3) is 5.03. The number of rotatable bonds is 6. The number of ether oxygens (including phenoxy) is 1. The van der Waals surface area contributed by atoms with E-state index in [4.69, 9.17) is 13.8 Å². The fourth-order valence-corrected chi connectivity index (χ4v) is 2.68. The van der Waals surface area contributed by atoms with Crippen LogP contribution in [0.15, 0.2) is 24.3 Å². The Bertz CT molecular complexity index is 312. The topological polar surface area (TPSA) is 27.7 Å². The van der Waals surface area contributed by atoms with Crippen LogP contribution < -0.4 is 10.0 Å². The summed E-state index contributed by atoms with van der Waals surface area (Å²) in [6.07, 6.45) is 0.309. The molecule has 4 heteroatoms. The quantitative estimate of drug-likeness (QED) is 0.729. The van der Waals surface area contributed by atoms with Crippen LogP contribution in [0.2, 0.25) is 0 Å². The minimum Gasteiger partial charge on any atom is -0.497 e. The van der Waals surface area contributed by atoms with E-state index in [-0.39, 0.29) is 12.2 Å². The van der Waals surface area contributed by atoms with Crippen LogP contribution in [0.5, 0.6) is 5.75 Å². The van der Waals surface area contributed by atoms with E-state index in [1.54, 1.807) is 7.11 Å². The SMILES string of the molecule is COc1ccc(P(OC(C)C)OC(C)C)cc1. The molecule has 0 aromatic heterocycles. The maximum atomic E-state index is 5.82. The number of benzene rings is 1. The van der Waals surface area contributed by atoms with Crippen LogP contribution in [0.1, 0.15) is 27.7 Å². The van der Waals surface area contributed by atoms with Crippen molar-refractivity contribution in [3.05, 3.63) is 24.3 Å². The molecule has 0 amide bonds. The molecule has 0 unspecified atom stereocenters. The molecule has 0 aliphatic heterocycles. The van der Waals surface area contributed by atoms with Gasteiger partial charge in [0.05, 0.1) is 19.3 Å². The summed E-state index contributed by atoms with van der Waals surface area (Å²) in [5.41, 5.74) is 0. The minimum atomic E-state index is -1.01. The summed E-state index contributed by atoms with van der Waals surface area (Å²) < 4.78 is 16.8. The molecule has 1 aromatic carbocycles. The van der Waals surface area contributed by atoms with Crippen molar-refractivity contribution in [3.63, 3.8) is 0 Å². The molecule has 0 aliphatic carbocycles. The van der Waals surface area contributed by atoms with Crippen LogP contribution in [-0.4, -0.2) is 19.3 Å². The van der Waals surface area contributed by atoms with Gasteiger partial charge in [0.25, 0.3) is 0 Å². The monoisotopic (exact) mass is 256 g/mol. The Morgan fingerprint density at radius 3 is 1.71 bits per heavy atom. The van der Waals surface area contributed by atoms with Gasteiger partial charge in [0.2, 0.25) is 8.38 Å². The van der Waals surface area contributed by atoms with Crippen LogP contribution >= 0.6 is 8.38 Å². The summed E-state index contributed by atoms with van der Waals surface area (Å²) in [5.74, 6) is 0.845. The zero-order valence-electron chi connectivity index (χ0n) is 11.1. The largest absolute Gasteiger partial charge is 0.497 e. The highest BCUT2D eigenvalue weighted by Crippen LogP contribution is 2.40. The number of hydrogen-bond donors (Lipinski definition) is 0. The highest BCUT2D eigenvalue weighted by Gasteiger charge is 2.17. The smallest absolute Gasteiger partial charge is 0.205 e. The number of methoxy groups -OCH3 is 1. The zero-order chi connectivity index (χ0) is 12.8. The Balaban J connectivity index is 2.79. The lowest BCUT2D eigenvalue weighted by atomic mass is 10.3. The summed E-state index contributed by atoms with van der Waals surface area (Å²) in [6.45, 7) is 8.07. The molecule has 0 heterocycles. The summed E-state index contributed by atoms with van der Waals surface area (Å²) in [4.78, 5) is 0. The van der Waals surface area contributed by atoms with E-state index in [9.17, 15) is 0 Å². The highest BCUT2D eigenvalue weighted by molar-refractivity contribution is 7.56. The van der Waals surface area contributed by atoms with Gasteiger partial charge in [-0.15, -0.1) is 0 Å². The Morgan fingerprint density at radius 2 is 1.35 bits per heavy atom. The Morgan fingerprint density at radius 1 is 0.882 bits per heavy atom. The summed E-state index contributed by atoms with van der Waals surface area (Å²) in [5, 5.41) is 1.07. The fraction of sp³-hybridized carbons (Fsp3) is 0.538. The first-order valence-corrected chi connectivity index (χ1v) is 6.98. The van der Waals surface area contributed by atoms with Gasteiger partial charge in [-0.05, 0) is 52.0 Å². The molecular weight excluding hydrogens is 235 g/mol. The van der Waals surface area contributed by atoms with Gasteiger partial charge in [0.15, 0.2) is 0 Å². The second kappa shape index (κ2) is 6.95. The van der Waals surface area contributed by atoms with Gasteiger partial charge < -0.3 is 13.8 Å². The van der Waals surface area contributed by atoms with Crippen molar-refractivity contribution in [2.75, 3.05) is 7.11 Å². The maximum Gasteiger partial charge on any atom is 0.205 e. The third-order valence-corrected chi connectivity index (χ3v) is 3.84. The molecule has 0 radical (unpaired) electrons. The first-order chi connectivity index (χ1) is 8.02. The Kier molecular flexibility index (Phi) is 5.90. The summed E-state index contributed by atoms with van der Waals surface area (Å²) >= 11 is 0. The van der Waals surface area contributed by atoms with Crippen LogP contribution in [0.4, 0.5) is 0 Å². The zero-order valence-corrected chi connectivity index (χ0v) is 12.0. The van der Waals surface area contributed by atoms with Gasteiger partial charge in [-0.25, -0.2) is 0 Å². The van der Waals surface area contributed by atoms with Crippen LogP contribution in [0.3, 0.4) is 0 Å². The molecule has 17 heavy (non-hydrogen) atoms. The maximum absolute atomic E-state index is 5.82. The van der Waals surface area contributed by atoms with Gasteiger partial charge >= 0.3 is 0 Å². The lowest BCUT2D eigenvalue weighted by Crippen LogP contribution is -2.12. The van der Waals surface area contributed by atoms with Gasteiger partial charge in [-0.2, -0.15) is 0 Å². The van der Waals surface area contributed by atoms with Gasteiger partial charge in [-0.1, -0.05) is 0 Å². The van der Waals surface area contributed by atoms with Crippen LogP contribution in [0, 0.1) is 0 Å². The molecule has 0 aliphatic rings. The van der Waals surface area contributed by atoms with Crippen molar-refractivity contribution >= 4 is 13.7 Å². The summed E-state index contributed by atoms with van der Waals surface area (Å²) in [7, 11) is 0.652. The average Bonchev–Trinajstić information content (AvgIpc) is 2.27. The van der Waals surface area contributed by atoms with Crippen molar-refractivity contribution in [1.29, 1.82) is 0 Å². The van der Waals surface area contributed by atoms with Gasteiger partial charge in [0.1, 0.15) is 5.75 Å². The first kappa shape index (κ1) is 14.4. The molecule has 0 bridgehead atoms. The Labute approximate surface area is 105 Å². The lowest BCUT2D eigenvalue weighted by molar-refractivity contribution is 0.183. The molecular formula is C13H21O3P. The second-order valence-corrected chi connectivity index (χ2v) is 5.72. The predicted molar refractivity (Wildman–Crippen MR) is 72.0 cm³/mol. The van der Waals surface area contributed by atoms with E-state index in [2.05, 4.69) is 0 Å². The van der Waals surface area contributed by atoms with Crippen molar-refractivity contribution < 1.29 is 13.8 Å². The Hall–Kier alpha value is -0.630. The van der Waals surface area contributed by atoms with Crippen molar-refractivity contribution in [1.82, 2.24) is 0 Å². The van der Waals surface area contributed by atoms with Crippen LogP contribution in [0.25, 0.3) is 0 Å². The van der Waals surface area contributed by atoms with E-state index in [1.807, 2.05) is 52.0 Å². The molecule has 0 N–H and O–H groups in total. The molecule has 0 fully saturated rings. The standard InChI is InChI=1S/C13H21O3P/c1-10(2)15-17(16-11(3)4)13-8-6-12(14-5)7-9-13/h6-11H,1-5H3. The molecule has 0 saturated heterocycles. The van der Waals surface area contributed by atoms with E-state index < -0.39 is 8.38 Å². The molecule has 0 spiro atoms. The van der Waals surface area contributed by atoms with Gasteiger partial charge in [-0.3, -0.25) is 0 Å². The summed E-state index contributed by atoms with van der Waals surface area (Å²) in [6, 6.07) is 7.85. The molecule has 3 nitrogen and oxygen atoms in total. The molecule has 1 aromatic rings. The normalized spacial score (nSPS) is 11.5. The third-order valence-electron chi connectivity index (χ3n) is 1.90. The number of hydrogen-bond acceptors (Lipinski definition) is 3. The fourth-order valence-electron chi connectivity index (χ4n) is 1.23. The van der Waals surface area contributed by atoms with Crippen LogP contribution in [-0.2, 0) is 9.05 Å². The highest BCUT2D eigenvalue weighted by atomic mass is 31.2. The van der Waals surface area contributed by atoms with E-state index in [1.165, 1.54) is 0 Å². The predicted octanol–water partition coefficient (Wildman–Crippen LogP) is 3.48. The molecule has 1 rings (SSSR count). The average molecular weight is 256 g/mol. The molecule has 96 valence electrons. The van der Waals surface area contributed by atoms with E-state index in [0.29, 0.717) is 0 Å². The van der Waals surface area contributed by atoms with Crippen molar-refractivity contribution in [3.8, 4) is 5.75 Å². The van der Waals surface area contributed by atoms with E-state index >= 15 is 0 Å². The van der Waals surface area contributed by atoms with Gasteiger partial charge in [0, 0.05) is 5.30 Å². The van der Waals surface area contributed by atoms with Crippen molar-refractivity contribution in [2.45, 2.75) is 39.9 Å². The minimum absolute atomic E-state index is 0.155. The van der Waals surface area contributed by atoms with Crippen molar-refractivity contribution in [2.24, 2.45) is 0 Å². The van der Waals surface area contributed by atoms with E-state index in [0.717, 1.165) is 11.1 Å². The molecule has 0 atom stereocenters. The second-order valence-electron chi connectivity index (χ2n) is 4.26. The lowest BCUT2D eigenvalue weighted by Gasteiger charge is -2.22. The molecule has 0 saturated carbocycles. The first-order valence-electron chi connectivity index (χ1n) is 5.80.